The molecule has 0 amide bonds. The number of benzene rings is 1. The van der Waals surface area contributed by atoms with Crippen LogP contribution >= 0.6 is 0 Å². The second-order valence-corrected chi connectivity index (χ2v) is 6.04. The van der Waals surface area contributed by atoms with Crippen LogP contribution < -0.4 is 15.2 Å². The number of pyridine rings is 1. The number of hydrogen-bond acceptors (Lipinski definition) is 5. The van der Waals surface area contributed by atoms with E-state index in [-0.39, 0.29) is 18.0 Å². The van der Waals surface area contributed by atoms with Gasteiger partial charge in [-0.2, -0.15) is 0 Å². The highest BCUT2D eigenvalue weighted by molar-refractivity contribution is 7.92. The lowest BCUT2D eigenvalue weighted by molar-refractivity contribution is 0.341. The molecule has 0 saturated carbocycles. The highest BCUT2D eigenvalue weighted by Gasteiger charge is 2.13. The second kappa shape index (κ2) is 6.40. The van der Waals surface area contributed by atoms with Crippen molar-refractivity contribution in [3.05, 3.63) is 48.5 Å². The summed E-state index contributed by atoms with van der Waals surface area (Å²) in [6.07, 6.45) is 2.23. The third-order valence-corrected chi connectivity index (χ3v) is 3.77. The first kappa shape index (κ1) is 15.0. The Hall–Kier alpha value is -2.35. The fourth-order valence-corrected chi connectivity index (χ4v) is 2.42. The minimum absolute atomic E-state index is 0.0635. The minimum Gasteiger partial charge on any atom is -0.492 e. The van der Waals surface area contributed by atoms with E-state index in [0.29, 0.717) is 11.4 Å². The number of nitrogen functional groups attached to an aromatic ring is 1. The topological polar surface area (TPSA) is 94.3 Å². The molecule has 3 N–H and O–H groups in total. The lowest BCUT2D eigenvalue weighted by atomic mass is 10.3. The summed E-state index contributed by atoms with van der Waals surface area (Å²) in [5.74, 6) is -0.533. The number of nitrogens with zero attached hydrogens (tertiary/aromatic N) is 1. The molecule has 112 valence electrons. The van der Waals surface area contributed by atoms with Crippen LogP contribution in [0.25, 0.3) is 0 Å². The van der Waals surface area contributed by atoms with E-state index in [1.165, 1.54) is 12.3 Å². The molecule has 0 unspecified atom stereocenters. The van der Waals surface area contributed by atoms with Gasteiger partial charge < -0.3 is 10.5 Å². The molecular formula is C13H14FN3O3S. The molecule has 0 spiro atoms. The monoisotopic (exact) mass is 311 g/mol. The molecule has 0 radical (unpaired) electrons. The normalized spacial score (nSPS) is 11.1. The van der Waals surface area contributed by atoms with E-state index in [0.717, 1.165) is 6.20 Å². The number of rotatable bonds is 6. The van der Waals surface area contributed by atoms with Crippen LogP contribution in [0, 0.1) is 5.82 Å². The van der Waals surface area contributed by atoms with Crippen molar-refractivity contribution in [2.75, 3.05) is 22.8 Å². The Morgan fingerprint density at radius 2 is 1.95 bits per heavy atom. The number of sulfonamides is 1. The van der Waals surface area contributed by atoms with E-state index in [1.54, 1.807) is 24.3 Å². The van der Waals surface area contributed by atoms with Crippen LogP contribution in [0.1, 0.15) is 0 Å². The first-order valence-electron chi connectivity index (χ1n) is 6.05. The predicted molar refractivity (Wildman–Crippen MR) is 78.0 cm³/mol. The first-order chi connectivity index (χ1) is 9.96. The van der Waals surface area contributed by atoms with Crippen LogP contribution in [-0.2, 0) is 10.0 Å². The summed E-state index contributed by atoms with van der Waals surface area (Å²) in [4.78, 5) is 3.54. The molecule has 0 aliphatic rings. The number of aromatic nitrogens is 1. The van der Waals surface area contributed by atoms with Crippen LogP contribution in [-0.4, -0.2) is 25.8 Å². The van der Waals surface area contributed by atoms with Crippen LogP contribution in [0.2, 0.25) is 0 Å². The summed E-state index contributed by atoms with van der Waals surface area (Å²) < 4.78 is 44.3. The fraction of sp³-hybridized carbons (Fsp3) is 0.154. The average Bonchev–Trinajstić information content (AvgIpc) is 2.43. The number of nitrogens with one attached hydrogen (secondary N) is 1. The molecule has 1 heterocycles. The van der Waals surface area contributed by atoms with Gasteiger partial charge in [-0.15, -0.1) is 0 Å². The molecular weight excluding hydrogens is 297 g/mol. The van der Waals surface area contributed by atoms with Gasteiger partial charge in [0.15, 0.2) is 5.82 Å². The lowest BCUT2D eigenvalue weighted by Gasteiger charge is -2.09. The van der Waals surface area contributed by atoms with Gasteiger partial charge in [0.2, 0.25) is 10.0 Å². The Labute approximate surface area is 121 Å². The quantitative estimate of drug-likeness (QED) is 0.791. The van der Waals surface area contributed by atoms with Gasteiger partial charge in [-0.05, 0) is 30.3 Å². The van der Waals surface area contributed by atoms with Gasteiger partial charge in [-0.3, -0.25) is 9.71 Å². The molecule has 0 aliphatic heterocycles. The summed E-state index contributed by atoms with van der Waals surface area (Å²) in [6, 6.07) is 7.81. The minimum atomic E-state index is -3.70. The van der Waals surface area contributed by atoms with Crippen LogP contribution in [0.4, 0.5) is 15.8 Å². The summed E-state index contributed by atoms with van der Waals surface area (Å²) in [5, 5.41) is 0. The van der Waals surface area contributed by atoms with Gasteiger partial charge in [0, 0.05) is 11.9 Å². The zero-order chi connectivity index (χ0) is 15.3. The molecule has 1 aromatic carbocycles. The van der Waals surface area contributed by atoms with E-state index in [9.17, 15) is 12.8 Å². The number of nitrogens with two attached hydrogens (primary N) is 1. The molecule has 1 aromatic heterocycles. The van der Waals surface area contributed by atoms with Crippen molar-refractivity contribution in [3.63, 3.8) is 0 Å². The molecule has 8 heteroatoms. The zero-order valence-corrected chi connectivity index (χ0v) is 11.8. The van der Waals surface area contributed by atoms with Crippen LogP contribution in [0.5, 0.6) is 5.75 Å². The highest BCUT2D eigenvalue weighted by atomic mass is 32.2. The molecule has 0 atom stereocenters. The predicted octanol–water partition coefficient (Wildman–Crippen LogP) is 1.62. The SMILES string of the molecule is Nc1ccc(OCCS(=O)(=O)Nc2ccncc2F)cc1. The number of hydrogen-bond donors (Lipinski definition) is 2. The third-order valence-electron chi connectivity index (χ3n) is 2.54. The fourth-order valence-electron chi connectivity index (χ4n) is 1.51. The number of ether oxygens (including phenoxy) is 1. The third kappa shape index (κ3) is 4.60. The summed E-state index contributed by atoms with van der Waals surface area (Å²) >= 11 is 0. The van der Waals surface area contributed by atoms with Crippen LogP contribution in [0.15, 0.2) is 42.7 Å². The van der Waals surface area contributed by atoms with E-state index < -0.39 is 15.8 Å². The maximum absolute atomic E-state index is 13.3. The summed E-state index contributed by atoms with van der Waals surface area (Å²) in [6.45, 7) is -0.0635. The Bertz CT molecular complexity index is 705. The molecule has 0 aliphatic carbocycles. The Kier molecular flexibility index (Phi) is 4.59. The molecule has 21 heavy (non-hydrogen) atoms. The van der Waals surface area contributed by atoms with Crippen molar-refractivity contribution < 1.29 is 17.5 Å². The Balaban J connectivity index is 1.90. The highest BCUT2D eigenvalue weighted by Crippen LogP contribution is 2.15. The van der Waals surface area contributed by atoms with Crippen molar-refractivity contribution in [1.29, 1.82) is 0 Å². The van der Waals surface area contributed by atoms with Crippen molar-refractivity contribution in [3.8, 4) is 5.75 Å². The molecule has 0 bridgehead atoms. The van der Waals surface area contributed by atoms with E-state index in [2.05, 4.69) is 9.71 Å². The number of halogens is 1. The van der Waals surface area contributed by atoms with Gasteiger partial charge in [0.05, 0.1) is 11.9 Å². The smallest absolute Gasteiger partial charge is 0.236 e. The van der Waals surface area contributed by atoms with E-state index >= 15 is 0 Å². The Morgan fingerprint density at radius 1 is 1.24 bits per heavy atom. The first-order valence-corrected chi connectivity index (χ1v) is 7.70. The average molecular weight is 311 g/mol. The van der Waals surface area contributed by atoms with Gasteiger partial charge in [0.1, 0.15) is 18.1 Å². The summed E-state index contributed by atoms with van der Waals surface area (Å²) in [7, 11) is -3.70. The molecule has 2 rings (SSSR count). The van der Waals surface area contributed by atoms with Crippen molar-refractivity contribution in [2.24, 2.45) is 0 Å². The van der Waals surface area contributed by atoms with Gasteiger partial charge in [0.25, 0.3) is 0 Å². The van der Waals surface area contributed by atoms with Crippen molar-refractivity contribution in [1.82, 2.24) is 4.98 Å². The largest absolute Gasteiger partial charge is 0.492 e. The molecule has 2 aromatic rings. The summed E-state index contributed by atoms with van der Waals surface area (Å²) in [5.41, 5.74) is 5.97. The van der Waals surface area contributed by atoms with E-state index in [1.807, 2.05) is 0 Å². The zero-order valence-electron chi connectivity index (χ0n) is 11.0. The maximum atomic E-state index is 13.3. The van der Waals surface area contributed by atoms with Gasteiger partial charge in [-0.25, -0.2) is 12.8 Å². The van der Waals surface area contributed by atoms with Crippen molar-refractivity contribution in [2.45, 2.75) is 0 Å². The second-order valence-electron chi connectivity index (χ2n) is 4.19. The maximum Gasteiger partial charge on any atom is 0.236 e. The standard InChI is InChI=1S/C13H14FN3O3S/c14-12-9-16-6-5-13(12)17-21(18,19)8-7-20-11-3-1-10(15)2-4-11/h1-6,9H,7-8,15H2,(H,16,17). The molecule has 6 nitrogen and oxygen atoms in total. The molecule has 0 fully saturated rings. The van der Waals surface area contributed by atoms with E-state index in [4.69, 9.17) is 10.5 Å². The van der Waals surface area contributed by atoms with Crippen LogP contribution in [0.3, 0.4) is 0 Å². The number of anilines is 2. The van der Waals surface area contributed by atoms with Gasteiger partial charge >= 0.3 is 0 Å². The molecule has 0 saturated heterocycles. The Morgan fingerprint density at radius 3 is 2.62 bits per heavy atom. The van der Waals surface area contributed by atoms with Crippen molar-refractivity contribution >= 4 is 21.4 Å². The lowest BCUT2D eigenvalue weighted by Crippen LogP contribution is -2.21. The van der Waals surface area contributed by atoms with Gasteiger partial charge in [-0.1, -0.05) is 0 Å².